The highest BCUT2D eigenvalue weighted by molar-refractivity contribution is 9.10. The highest BCUT2D eigenvalue weighted by Gasteiger charge is 2.29. The molecule has 5 heteroatoms. The molecule has 98 valence electrons. The standard InChI is InChI=1S/C13H16BrFN2O/c1-8-6-16-7-9(2)17(8)13(18)10-3-11(14)5-12(15)4-10/h3-5,8-9,16H,6-7H2,1-2H3. The first kappa shape index (κ1) is 13.5. The fraction of sp³-hybridized carbons (Fsp3) is 0.462. The Balaban J connectivity index is 2.29. The molecule has 1 amide bonds. The Morgan fingerprint density at radius 2 is 1.94 bits per heavy atom. The minimum absolute atomic E-state index is 0.114. The van der Waals surface area contributed by atoms with E-state index in [9.17, 15) is 9.18 Å². The van der Waals surface area contributed by atoms with E-state index in [-0.39, 0.29) is 18.0 Å². The van der Waals surface area contributed by atoms with Gasteiger partial charge in [0.1, 0.15) is 5.82 Å². The molecule has 0 aliphatic carbocycles. The molecule has 1 N–H and O–H groups in total. The lowest BCUT2D eigenvalue weighted by Gasteiger charge is -2.39. The number of carbonyl (C=O) groups is 1. The van der Waals surface area contributed by atoms with Crippen LogP contribution in [0.5, 0.6) is 0 Å². The van der Waals surface area contributed by atoms with Crippen LogP contribution in [0.2, 0.25) is 0 Å². The van der Waals surface area contributed by atoms with E-state index in [1.165, 1.54) is 12.1 Å². The van der Waals surface area contributed by atoms with Crippen molar-refractivity contribution in [3.63, 3.8) is 0 Å². The Kier molecular flexibility index (Phi) is 4.02. The van der Waals surface area contributed by atoms with E-state index in [0.717, 1.165) is 13.1 Å². The largest absolute Gasteiger partial charge is 0.331 e. The van der Waals surface area contributed by atoms with Crippen molar-refractivity contribution in [3.05, 3.63) is 34.1 Å². The Morgan fingerprint density at radius 1 is 1.33 bits per heavy atom. The second-order valence-electron chi connectivity index (χ2n) is 4.73. The van der Waals surface area contributed by atoms with Gasteiger partial charge >= 0.3 is 0 Å². The average Bonchev–Trinajstić information content (AvgIpc) is 2.27. The van der Waals surface area contributed by atoms with Crippen molar-refractivity contribution >= 4 is 21.8 Å². The molecule has 1 aromatic rings. The Bertz CT molecular complexity index is 436. The number of amides is 1. The highest BCUT2D eigenvalue weighted by Crippen LogP contribution is 2.19. The van der Waals surface area contributed by atoms with E-state index in [2.05, 4.69) is 21.2 Å². The quantitative estimate of drug-likeness (QED) is 0.863. The molecule has 18 heavy (non-hydrogen) atoms. The van der Waals surface area contributed by atoms with E-state index in [4.69, 9.17) is 0 Å². The molecule has 0 aromatic heterocycles. The number of halogens is 2. The van der Waals surface area contributed by atoms with E-state index >= 15 is 0 Å². The smallest absolute Gasteiger partial charge is 0.254 e. The van der Waals surface area contributed by atoms with E-state index in [1.807, 2.05) is 18.7 Å². The normalized spacial score (nSPS) is 24.1. The Hall–Kier alpha value is -0.940. The fourth-order valence-corrected chi connectivity index (χ4v) is 2.82. The van der Waals surface area contributed by atoms with E-state index < -0.39 is 5.82 Å². The predicted octanol–water partition coefficient (Wildman–Crippen LogP) is 2.41. The summed E-state index contributed by atoms with van der Waals surface area (Å²) in [6.45, 7) is 5.53. The summed E-state index contributed by atoms with van der Waals surface area (Å²) >= 11 is 3.21. The van der Waals surface area contributed by atoms with Gasteiger partial charge in [-0.2, -0.15) is 0 Å². The van der Waals surface area contributed by atoms with Crippen LogP contribution < -0.4 is 5.32 Å². The number of rotatable bonds is 1. The zero-order valence-corrected chi connectivity index (χ0v) is 12.0. The van der Waals surface area contributed by atoms with Gasteiger partial charge in [-0.25, -0.2) is 4.39 Å². The maximum atomic E-state index is 13.3. The summed E-state index contributed by atoms with van der Waals surface area (Å²) < 4.78 is 13.9. The summed E-state index contributed by atoms with van der Waals surface area (Å²) in [5.74, 6) is -0.514. The van der Waals surface area contributed by atoms with Crippen molar-refractivity contribution in [2.24, 2.45) is 0 Å². The molecular weight excluding hydrogens is 299 g/mol. The second kappa shape index (κ2) is 5.36. The minimum atomic E-state index is -0.400. The third-order valence-electron chi connectivity index (χ3n) is 3.17. The van der Waals surface area contributed by atoms with Gasteiger partial charge in [0.05, 0.1) is 0 Å². The van der Waals surface area contributed by atoms with Crippen LogP contribution in [0.4, 0.5) is 4.39 Å². The van der Waals surface area contributed by atoms with E-state index in [1.54, 1.807) is 6.07 Å². The van der Waals surface area contributed by atoms with E-state index in [0.29, 0.717) is 10.0 Å². The maximum Gasteiger partial charge on any atom is 0.254 e. The Morgan fingerprint density at radius 3 is 2.50 bits per heavy atom. The minimum Gasteiger partial charge on any atom is -0.331 e. The fourth-order valence-electron chi connectivity index (χ4n) is 2.36. The monoisotopic (exact) mass is 314 g/mol. The van der Waals surface area contributed by atoms with Crippen molar-refractivity contribution < 1.29 is 9.18 Å². The molecule has 0 spiro atoms. The van der Waals surface area contributed by atoms with Crippen molar-refractivity contribution in [1.82, 2.24) is 10.2 Å². The topological polar surface area (TPSA) is 32.3 Å². The van der Waals surface area contributed by atoms with Crippen molar-refractivity contribution in [2.45, 2.75) is 25.9 Å². The first-order chi connectivity index (χ1) is 8.49. The molecule has 1 saturated heterocycles. The average molecular weight is 315 g/mol. The molecule has 1 heterocycles. The predicted molar refractivity (Wildman–Crippen MR) is 72.1 cm³/mol. The Labute approximate surface area is 114 Å². The van der Waals surface area contributed by atoms with Crippen LogP contribution in [0.1, 0.15) is 24.2 Å². The number of piperazine rings is 1. The van der Waals surface area contributed by atoms with Gasteiger partial charge in [-0.05, 0) is 32.0 Å². The van der Waals surface area contributed by atoms with Crippen LogP contribution in [0.25, 0.3) is 0 Å². The highest BCUT2D eigenvalue weighted by atomic mass is 79.9. The molecule has 1 fully saturated rings. The SMILES string of the molecule is CC1CNCC(C)N1C(=O)c1cc(F)cc(Br)c1. The molecule has 0 bridgehead atoms. The molecular formula is C13H16BrFN2O. The third-order valence-corrected chi connectivity index (χ3v) is 3.63. The lowest BCUT2D eigenvalue weighted by Crippen LogP contribution is -2.57. The summed E-state index contributed by atoms with van der Waals surface area (Å²) in [7, 11) is 0. The number of carbonyl (C=O) groups excluding carboxylic acids is 1. The van der Waals surface area contributed by atoms with Gasteiger partial charge in [0.15, 0.2) is 0 Å². The molecule has 2 unspecified atom stereocenters. The van der Waals surface area contributed by atoms with Crippen molar-refractivity contribution in [1.29, 1.82) is 0 Å². The molecule has 3 nitrogen and oxygen atoms in total. The van der Waals surface area contributed by atoms with Gasteiger partial charge in [-0.3, -0.25) is 4.79 Å². The molecule has 0 radical (unpaired) electrons. The van der Waals surface area contributed by atoms with Crippen LogP contribution in [0.15, 0.2) is 22.7 Å². The van der Waals surface area contributed by atoms with Gasteiger partial charge in [0.25, 0.3) is 5.91 Å². The maximum absolute atomic E-state index is 13.3. The number of hydrogen-bond donors (Lipinski definition) is 1. The zero-order chi connectivity index (χ0) is 13.3. The summed E-state index contributed by atoms with van der Waals surface area (Å²) in [6, 6.07) is 4.52. The summed E-state index contributed by atoms with van der Waals surface area (Å²) in [4.78, 5) is 14.3. The van der Waals surface area contributed by atoms with Crippen LogP contribution in [0.3, 0.4) is 0 Å². The van der Waals surface area contributed by atoms with Gasteiger partial charge in [0.2, 0.25) is 0 Å². The van der Waals surface area contributed by atoms with Gasteiger partial charge in [-0.1, -0.05) is 15.9 Å². The number of nitrogens with one attached hydrogen (secondary N) is 1. The number of benzene rings is 1. The van der Waals surface area contributed by atoms with Crippen LogP contribution in [0, 0.1) is 5.82 Å². The van der Waals surface area contributed by atoms with Crippen LogP contribution in [-0.2, 0) is 0 Å². The van der Waals surface area contributed by atoms with Gasteiger partial charge in [0, 0.05) is 35.2 Å². The summed E-state index contributed by atoms with van der Waals surface area (Å²) in [5.41, 5.74) is 0.391. The third kappa shape index (κ3) is 2.72. The molecule has 1 aliphatic rings. The van der Waals surface area contributed by atoms with Crippen molar-refractivity contribution in [2.75, 3.05) is 13.1 Å². The van der Waals surface area contributed by atoms with Gasteiger partial charge in [-0.15, -0.1) is 0 Å². The van der Waals surface area contributed by atoms with Crippen molar-refractivity contribution in [3.8, 4) is 0 Å². The lowest BCUT2D eigenvalue weighted by molar-refractivity contribution is 0.0544. The summed E-state index contributed by atoms with van der Waals surface area (Å²) in [6.07, 6.45) is 0. The van der Waals surface area contributed by atoms with Gasteiger partial charge < -0.3 is 10.2 Å². The molecule has 1 aromatic carbocycles. The first-order valence-corrected chi connectivity index (χ1v) is 6.78. The molecule has 2 rings (SSSR count). The zero-order valence-electron chi connectivity index (χ0n) is 10.4. The van der Waals surface area contributed by atoms with Crippen LogP contribution >= 0.6 is 15.9 Å². The van der Waals surface area contributed by atoms with Crippen LogP contribution in [-0.4, -0.2) is 36.0 Å². The number of nitrogens with zero attached hydrogens (tertiary/aromatic N) is 1. The molecule has 0 saturated carbocycles. The lowest BCUT2D eigenvalue weighted by atomic mass is 10.1. The molecule has 1 aliphatic heterocycles. The molecule has 2 atom stereocenters. The first-order valence-electron chi connectivity index (χ1n) is 5.98. The second-order valence-corrected chi connectivity index (χ2v) is 5.64. The summed E-state index contributed by atoms with van der Waals surface area (Å²) in [5, 5.41) is 3.27. The number of hydrogen-bond acceptors (Lipinski definition) is 2.